The predicted octanol–water partition coefficient (Wildman–Crippen LogP) is 0.619. The first kappa shape index (κ1) is 12.4. The monoisotopic (exact) mass is 247 g/mol. The summed E-state index contributed by atoms with van der Waals surface area (Å²) < 4.78 is 0. The quantitative estimate of drug-likeness (QED) is 0.766. The van der Waals surface area contributed by atoms with E-state index < -0.39 is 0 Å². The van der Waals surface area contributed by atoms with Gasteiger partial charge in [-0.05, 0) is 37.1 Å². The van der Waals surface area contributed by atoms with Crippen LogP contribution >= 0.6 is 0 Å². The third-order valence-electron chi connectivity index (χ3n) is 2.83. The average Bonchev–Trinajstić information content (AvgIpc) is 3.12. The summed E-state index contributed by atoms with van der Waals surface area (Å²) in [5.74, 6) is -0.287. The molecule has 2 amide bonds. The minimum absolute atomic E-state index is 0.0830. The number of nitrogens with one attached hydrogen (secondary N) is 1. The molecule has 0 bridgehead atoms. The van der Waals surface area contributed by atoms with E-state index in [0.29, 0.717) is 17.3 Å². The van der Waals surface area contributed by atoms with Crippen LogP contribution in [-0.2, 0) is 4.79 Å². The molecular formula is C13H17N3O2. The summed E-state index contributed by atoms with van der Waals surface area (Å²) in [6.45, 7) is 0.0830. The first-order chi connectivity index (χ1) is 8.56. The van der Waals surface area contributed by atoms with Gasteiger partial charge in [0.1, 0.15) is 0 Å². The predicted molar refractivity (Wildman–Crippen MR) is 69.0 cm³/mol. The Morgan fingerprint density at radius 2 is 1.94 bits per heavy atom. The van der Waals surface area contributed by atoms with Crippen LogP contribution in [0.3, 0.4) is 0 Å². The highest BCUT2D eigenvalue weighted by Crippen LogP contribution is 2.18. The number of hydrogen-bond donors (Lipinski definition) is 2. The van der Waals surface area contributed by atoms with Gasteiger partial charge in [-0.2, -0.15) is 0 Å². The summed E-state index contributed by atoms with van der Waals surface area (Å²) in [5.41, 5.74) is 6.70. The SMILES string of the molecule is CN(CC(=O)NC1CC1)C(=O)c1ccc(N)cc1. The molecule has 0 unspecified atom stereocenters. The Balaban J connectivity index is 1.90. The van der Waals surface area contributed by atoms with Crippen LogP contribution in [0, 0.1) is 0 Å². The molecule has 0 radical (unpaired) electrons. The van der Waals surface area contributed by atoms with Gasteiger partial charge in [-0.25, -0.2) is 0 Å². The molecule has 1 aliphatic carbocycles. The van der Waals surface area contributed by atoms with Crippen LogP contribution in [0.25, 0.3) is 0 Å². The van der Waals surface area contributed by atoms with Crippen molar-refractivity contribution < 1.29 is 9.59 Å². The standard InChI is InChI=1S/C13H17N3O2/c1-16(8-12(17)15-11-6-7-11)13(18)9-2-4-10(14)5-3-9/h2-5,11H,6-8,14H2,1H3,(H,15,17). The molecule has 0 spiro atoms. The number of carbonyl (C=O) groups is 2. The van der Waals surface area contributed by atoms with E-state index in [2.05, 4.69) is 5.32 Å². The molecule has 0 atom stereocenters. The topological polar surface area (TPSA) is 75.4 Å². The largest absolute Gasteiger partial charge is 0.399 e. The van der Waals surface area contributed by atoms with Crippen molar-refractivity contribution in [1.29, 1.82) is 0 Å². The Morgan fingerprint density at radius 1 is 1.33 bits per heavy atom. The van der Waals surface area contributed by atoms with Crippen molar-refractivity contribution in [1.82, 2.24) is 10.2 Å². The highest BCUT2D eigenvalue weighted by molar-refractivity contribution is 5.96. The number of amides is 2. The van der Waals surface area contributed by atoms with E-state index in [9.17, 15) is 9.59 Å². The molecule has 0 heterocycles. The van der Waals surface area contributed by atoms with Crippen LogP contribution in [0.4, 0.5) is 5.69 Å². The number of benzene rings is 1. The third-order valence-corrected chi connectivity index (χ3v) is 2.83. The van der Waals surface area contributed by atoms with Gasteiger partial charge in [-0.15, -0.1) is 0 Å². The smallest absolute Gasteiger partial charge is 0.254 e. The number of hydrogen-bond acceptors (Lipinski definition) is 3. The van der Waals surface area contributed by atoms with Gasteiger partial charge in [-0.3, -0.25) is 9.59 Å². The molecule has 1 aromatic rings. The van der Waals surface area contributed by atoms with Crippen LogP contribution in [0.2, 0.25) is 0 Å². The summed E-state index contributed by atoms with van der Waals surface area (Å²) >= 11 is 0. The van der Waals surface area contributed by atoms with Crippen molar-refractivity contribution in [2.75, 3.05) is 19.3 Å². The van der Waals surface area contributed by atoms with Gasteiger partial charge in [0.25, 0.3) is 5.91 Å². The van der Waals surface area contributed by atoms with Crippen molar-refractivity contribution in [3.05, 3.63) is 29.8 Å². The second-order valence-corrected chi connectivity index (χ2v) is 4.63. The lowest BCUT2D eigenvalue weighted by Crippen LogP contribution is -2.39. The Kier molecular flexibility index (Phi) is 3.50. The summed E-state index contributed by atoms with van der Waals surface area (Å²) in [6.07, 6.45) is 2.09. The zero-order chi connectivity index (χ0) is 13.1. The number of likely N-dealkylation sites (N-methyl/N-ethyl adjacent to an activating group) is 1. The molecule has 1 fully saturated rings. The fraction of sp³-hybridized carbons (Fsp3) is 0.385. The molecule has 0 aromatic heterocycles. The molecule has 5 nitrogen and oxygen atoms in total. The van der Waals surface area contributed by atoms with Crippen LogP contribution in [0.1, 0.15) is 23.2 Å². The summed E-state index contributed by atoms with van der Waals surface area (Å²) in [5, 5.41) is 2.85. The number of carbonyl (C=O) groups excluding carboxylic acids is 2. The van der Waals surface area contributed by atoms with E-state index in [1.165, 1.54) is 4.90 Å². The van der Waals surface area contributed by atoms with E-state index in [4.69, 9.17) is 5.73 Å². The molecule has 0 aliphatic heterocycles. The Bertz CT molecular complexity index is 452. The number of anilines is 1. The number of nitrogens with zero attached hydrogens (tertiary/aromatic N) is 1. The first-order valence-electron chi connectivity index (χ1n) is 5.96. The highest BCUT2D eigenvalue weighted by Gasteiger charge is 2.24. The molecule has 5 heteroatoms. The van der Waals surface area contributed by atoms with Gasteiger partial charge < -0.3 is 16.0 Å². The number of rotatable bonds is 4. The molecule has 3 N–H and O–H groups in total. The van der Waals surface area contributed by atoms with Crippen molar-refractivity contribution in [3.63, 3.8) is 0 Å². The lowest BCUT2D eigenvalue weighted by atomic mass is 10.2. The van der Waals surface area contributed by atoms with Crippen LogP contribution in [0.5, 0.6) is 0 Å². The molecule has 1 aliphatic rings. The van der Waals surface area contributed by atoms with Crippen LogP contribution < -0.4 is 11.1 Å². The Hall–Kier alpha value is -2.04. The van der Waals surface area contributed by atoms with E-state index in [1.54, 1.807) is 31.3 Å². The highest BCUT2D eigenvalue weighted by atomic mass is 16.2. The minimum atomic E-state index is -0.180. The lowest BCUT2D eigenvalue weighted by Gasteiger charge is -2.16. The van der Waals surface area contributed by atoms with Gasteiger partial charge in [-0.1, -0.05) is 0 Å². The van der Waals surface area contributed by atoms with Crippen molar-refractivity contribution >= 4 is 17.5 Å². The third kappa shape index (κ3) is 3.23. The first-order valence-corrected chi connectivity index (χ1v) is 5.96. The maximum atomic E-state index is 12.0. The van der Waals surface area contributed by atoms with Crippen molar-refractivity contribution in [2.45, 2.75) is 18.9 Å². The summed E-state index contributed by atoms with van der Waals surface area (Å²) in [6, 6.07) is 6.98. The molecular weight excluding hydrogens is 230 g/mol. The maximum absolute atomic E-state index is 12.0. The Labute approximate surface area is 106 Å². The van der Waals surface area contributed by atoms with Gasteiger partial charge in [0.2, 0.25) is 5.91 Å². The van der Waals surface area contributed by atoms with E-state index in [1.807, 2.05) is 0 Å². The van der Waals surface area contributed by atoms with Gasteiger partial charge in [0.05, 0.1) is 6.54 Å². The zero-order valence-corrected chi connectivity index (χ0v) is 10.3. The Morgan fingerprint density at radius 3 is 2.50 bits per heavy atom. The number of nitrogens with two attached hydrogens (primary N) is 1. The molecule has 1 saturated carbocycles. The molecule has 1 aromatic carbocycles. The fourth-order valence-electron chi connectivity index (χ4n) is 1.63. The van der Waals surface area contributed by atoms with Gasteiger partial charge in [0.15, 0.2) is 0 Å². The summed E-state index contributed by atoms with van der Waals surface area (Å²) in [4.78, 5) is 25.0. The second kappa shape index (κ2) is 5.08. The normalized spacial score (nSPS) is 14.1. The molecule has 18 heavy (non-hydrogen) atoms. The van der Waals surface area contributed by atoms with Crippen molar-refractivity contribution in [3.8, 4) is 0 Å². The van der Waals surface area contributed by atoms with Gasteiger partial charge in [0, 0.05) is 24.3 Å². The van der Waals surface area contributed by atoms with E-state index in [-0.39, 0.29) is 18.4 Å². The van der Waals surface area contributed by atoms with E-state index in [0.717, 1.165) is 12.8 Å². The van der Waals surface area contributed by atoms with E-state index >= 15 is 0 Å². The zero-order valence-electron chi connectivity index (χ0n) is 10.3. The number of nitrogen functional groups attached to an aromatic ring is 1. The van der Waals surface area contributed by atoms with Crippen molar-refractivity contribution in [2.24, 2.45) is 0 Å². The van der Waals surface area contributed by atoms with Crippen LogP contribution in [0.15, 0.2) is 24.3 Å². The second-order valence-electron chi connectivity index (χ2n) is 4.63. The maximum Gasteiger partial charge on any atom is 0.254 e. The van der Waals surface area contributed by atoms with Crippen LogP contribution in [-0.4, -0.2) is 36.3 Å². The molecule has 0 saturated heterocycles. The van der Waals surface area contributed by atoms with Gasteiger partial charge >= 0.3 is 0 Å². The average molecular weight is 247 g/mol. The molecule has 96 valence electrons. The minimum Gasteiger partial charge on any atom is -0.399 e. The fourth-order valence-corrected chi connectivity index (χ4v) is 1.63. The summed E-state index contributed by atoms with van der Waals surface area (Å²) in [7, 11) is 1.62. The molecule has 2 rings (SSSR count). The lowest BCUT2D eigenvalue weighted by molar-refractivity contribution is -0.121.